The van der Waals surface area contributed by atoms with E-state index in [1.54, 1.807) is 6.92 Å². The van der Waals surface area contributed by atoms with Crippen molar-refractivity contribution in [3.05, 3.63) is 35.6 Å². The number of benzene rings is 1. The molecule has 1 aromatic rings. The molecule has 0 radical (unpaired) electrons. The first kappa shape index (κ1) is 18.1. The Morgan fingerprint density at radius 2 is 1.63 bits per heavy atom. The maximum Gasteiger partial charge on any atom is 0.271 e. The van der Waals surface area contributed by atoms with Gasteiger partial charge in [-0.05, 0) is 87.5 Å². The van der Waals surface area contributed by atoms with Gasteiger partial charge in [0, 0.05) is 16.8 Å². The summed E-state index contributed by atoms with van der Waals surface area (Å²) in [6.07, 6.45) is 7.53. The molecular weight excluding hydrogens is 345 g/mol. The number of carbonyl (C=O) groups excluding carboxylic acids is 2. The van der Waals surface area contributed by atoms with Crippen molar-refractivity contribution < 1.29 is 14.0 Å². The number of hydrogen-bond donors (Lipinski definition) is 2. The molecule has 2 N–H and O–H groups in total. The van der Waals surface area contributed by atoms with Crippen molar-refractivity contribution in [1.29, 1.82) is 0 Å². The minimum Gasteiger partial charge on any atom is -0.350 e. The Bertz CT molecular complexity index is 737. The van der Waals surface area contributed by atoms with Crippen LogP contribution in [0, 0.1) is 23.6 Å². The van der Waals surface area contributed by atoms with Gasteiger partial charge in [0.2, 0.25) is 5.91 Å². The van der Waals surface area contributed by atoms with Crippen LogP contribution in [-0.2, 0) is 4.79 Å². The molecule has 0 unspecified atom stereocenters. The highest BCUT2D eigenvalue weighted by molar-refractivity contribution is 6.01. The van der Waals surface area contributed by atoms with E-state index in [1.807, 2.05) is 0 Å². The quantitative estimate of drug-likeness (QED) is 0.615. The van der Waals surface area contributed by atoms with Crippen molar-refractivity contribution in [1.82, 2.24) is 10.7 Å². The van der Waals surface area contributed by atoms with Gasteiger partial charge in [-0.25, -0.2) is 9.82 Å². The molecule has 0 saturated heterocycles. The zero-order chi connectivity index (χ0) is 19.0. The van der Waals surface area contributed by atoms with E-state index < -0.39 is 11.7 Å². The van der Waals surface area contributed by atoms with Crippen LogP contribution in [0.25, 0.3) is 0 Å². The van der Waals surface area contributed by atoms with Crippen molar-refractivity contribution in [3.8, 4) is 0 Å². The zero-order valence-corrected chi connectivity index (χ0v) is 15.6. The summed E-state index contributed by atoms with van der Waals surface area (Å²) in [5.41, 5.74) is 3.29. The largest absolute Gasteiger partial charge is 0.350 e. The second kappa shape index (κ2) is 7.06. The van der Waals surface area contributed by atoms with Crippen LogP contribution in [0.4, 0.5) is 4.39 Å². The summed E-state index contributed by atoms with van der Waals surface area (Å²) < 4.78 is 12.9. The molecule has 4 saturated carbocycles. The SMILES string of the molecule is C/C(CC(=O)NC12CC3CC(CC(C3)C1)C2)=N/NC(=O)c1ccc(F)cc1. The molecule has 0 aromatic heterocycles. The monoisotopic (exact) mass is 371 g/mol. The summed E-state index contributed by atoms with van der Waals surface area (Å²) in [5, 5.41) is 7.33. The van der Waals surface area contributed by atoms with E-state index >= 15 is 0 Å². The molecular formula is C21H26FN3O2. The number of hydrazone groups is 1. The Morgan fingerprint density at radius 1 is 1.07 bits per heavy atom. The molecule has 0 aliphatic heterocycles. The van der Waals surface area contributed by atoms with E-state index in [9.17, 15) is 14.0 Å². The van der Waals surface area contributed by atoms with Gasteiger partial charge < -0.3 is 5.32 Å². The molecule has 2 amide bonds. The topological polar surface area (TPSA) is 70.6 Å². The van der Waals surface area contributed by atoms with Crippen LogP contribution in [0.15, 0.2) is 29.4 Å². The Balaban J connectivity index is 1.31. The van der Waals surface area contributed by atoms with E-state index in [0.29, 0.717) is 11.3 Å². The zero-order valence-electron chi connectivity index (χ0n) is 15.6. The number of nitrogens with zero attached hydrogens (tertiary/aromatic N) is 1. The lowest BCUT2D eigenvalue weighted by molar-refractivity contribution is -0.125. The first-order valence-corrected chi connectivity index (χ1v) is 9.81. The van der Waals surface area contributed by atoms with Crippen LogP contribution in [0.5, 0.6) is 0 Å². The molecule has 27 heavy (non-hydrogen) atoms. The summed E-state index contributed by atoms with van der Waals surface area (Å²) in [7, 11) is 0. The molecule has 6 heteroatoms. The van der Waals surface area contributed by atoms with Gasteiger partial charge in [0.05, 0.1) is 6.42 Å². The van der Waals surface area contributed by atoms with Crippen LogP contribution >= 0.6 is 0 Å². The van der Waals surface area contributed by atoms with Gasteiger partial charge in [0.1, 0.15) is 5.82 Å². The molecule has 5 rings (SSSR count). The minimum absolute atomic E-state index is 0.0104. The highest BCUT2D eigenvalue weighted by Crippen LogP contribution is 2.55. The maximum absolute atomic E-state index is 12.9. The summed E-state index contributed by atoms with van der Waals surface area (Å²) >= 11 is 0. The highest BCUT2D eigenvalue weighted by atomic mass is 19.1. The van der Waals surface area contributed by atoms with Crippen LogP contribution < -0.4 is 10.7 Å². The third-order valence-electron chi connectivity index (χ3n) is 6.31. The fourth-order valence-electron chi connectivity index (χ4n) is 5.69. The minimum atomic E-state index is -0.421. The Morgan fingerprint density at radius 3 is 2.19 bits per heavy atom. The second-order valence-electron chi connectivity index (χ2n) is 8.72. The average molecular weight is 371 g/mol. The molecule has 4 aliphatic rings. The Kier molecular flexibility index (Phi) is 4.74. The first-order chi connectivity index (χ1) is 12.9. The van der Waals surface area contributed by atoms with E-state index in [0.717, 1.165) is 37.0 Å². The molecule has 0 spiro atoms. The summed E-state index contributed by atoms with van der Waals surface area (Å²) in [4.78, 5) is 24.5. The van der Waals surface area contributed by atoms with E-state index in [1.165, 1.54) is 43.5 Å². The molecule has 0 atom stereocenters. The van der Waals surface area contributed by atoms with Crippen molar-refractivity contribution in [2.75, 3.05) is 0 Å². The Labute approximate surface area is 158 Å². The molecule has 4 bridgehead atoms. The summed E-state index contributed by atoms with van der Waals surface area (Å²) in [6, 6.07) is 5.25. The van der Waals surface area contributed by atoms with Gasteiger partial charge in [-0.15, -0.1) is 0 Å². The third kappa shape index (κ3) is 4.04. The predicted molar refractivity (Wildman–Crippen MR) is 101 cm³/mol. The molecule has 1 aromatic carbocycles. The summed E-state index contributed by atoms with van der Waals surface area (Å²) in [6.45, 7) is 1.73. The standard InChI is InChI=1S/C21H26FN3O2/c1-13(24-25-20(27)17-2-4-18(22)5-3-17)6-19(26)23-21-10-14-7-15(11-21)9-16(8-14)12-21/h2-5,14-16H,6-12H2,1H3,(H,23,26)(H,25,27)/b24-13-. The summed E-state index contributed by atoms with van der Waals surface area (Å²) in [5.74, 6) is 1.50. The van der Waals surface area contributed by atoms with Crippen LogP contribution in [-0.4, -0.2) is 23.1 Å². The van der Waals surface area contributed by atoms with E-state index in [4.69, 9.17) is 0 Å². The lowest BCUT2D eigenvalue weighted by Crippen LogP contribution is -2.60. The first-order valence-electron chi connectivity index (χ1n) is 9.81. The molecule has 4 aliphatic carbocycles. The molecule has 4 fully saturated rings. The fraction of sp³-hybridized carbons (Fsp3) is 0.571. The molecule has 5 nitrogen and oxygen atoms in total. The maximum atomic E-state index is 12.9. The van der Waals surface area contributed by atoms with Crippen molar-refractivity contribution in [2.45, 2.75) is 57.4 Å². The van der Waals surface area contributed by atoms with Gasteiger partial charge in [0.15, 0.2) is 0 Å². The van der Waals surface area contributed by atoms with Gasteiger partial charge in [-0.3, -0.25) is 9.59 Å². The van der Waals surface area contributed by atoms with Crippen LogP contribution in [0.3, 0.4) is 0 Å². The third-order valence-corrected chi connectivity index (χ3v) is 6.31. The van der Waals surface area contributed by atoms with Gasteiger partial charge in [-0.1, -0.05) is 0 Å². The smallest absolute Gasteiger partial charge is 0.271 e. The van der Waals surface area contributed by atoms with Crippen LogP contribution in [0.1, 0.15) is 62.2 Å². The van der Waals surface area contributed by atoms with Gasteiger partial charge in [0.25, 0.3) is 5.91 Å². The normalized spacial score (nSPS) is 31.6. The fourth-order valence-corrected chi connectivity index (χ4v) is 5.69. The van der Waals surface area contributed by atoms with E-state index in [-0.39, 0.29) is 17.9 Å². The number of nitrogens with one attached hydrogen (secondary N) is 2. The van der Waals surface area contributed by atoms with Crippen molar-refractivity contribution in [3.63, 3.8) is 0 Å². The number of halogens is 1. The number of carbonyl (C=O) groups is 2. The second-order valence-corrected chi connectivity index (χ2v) is 8.72. The van der Waals surface area contributed by atoms with Gasteiger partial charge >= 0.3 is 0 Å². The molecule has 0 heterocycles. The predicted octanol–water partition coefficient (Wildman–Crippen LogP) is 3.41. The number of rotatable bonds is 5. The van der Waals surface area contributed by atoms with Crippen molar-refractivity contribution >= 4 is 17.5 Å². The highest BCUT2D eigenvalue weighted by Gasteiger charge is 2.51. The molecule has 144 valence electrons. The average Bonchev–Trinajstić information content (AvgIpc) is 2.58. The van der Waals surface area contributed by atoms with E-state index in [2.05, 4.69) is 15.8 Å². The van der Waals surface area contributed by atoms with Gasteiger partial charge in [-0.2, -0.15) is 5.10 Å². The van der Waals surface area contributed by atoms with Crippen molar-refractivity contribution in [2.24, 2.45) is 22.9 Å². The lowest BCUT2D eigenvalue weighted by atomic mass is 9.53. The van der Waals surface area contributed by atoms with Crippen LogP contribution in [0.2, 0.25) is 0 Å². The lowest BCUT2D eigenvalue weighted by Gasteiger charge is -2.56. The Hall–Kier alpha value is -2.24. The number of hydrogen-bond acceptors (Lipinski definition) is 3. The number of amides is 2.